The van der Waals surface area contributed by atoms with Gasteiger partial charge in [-0.3, -0.25) is 4.98 Å². The summed E-state index contributed by atoms with van der Waals surface area (Å²) < 4.78 is 52.8. The average molecular weight is 900 g/mol. The molecule has 1 aliphatic heterocycles. The number of aromatic nitrogens is 1. The number of aliphatic hydroxyl groups excluding tert-OH is 2. The van der Waals surface area contributed by atoms with E-state index in [4.69, 9.17) is 24.2 Å². The van der Waals surface area contributed by atoms with Gasteiger partial charge in [0.25, 0.3) is 0 Å². The number of para-hydroxylation sites is 1. The van der Waals surface area contributed by atoms with E-state index in [-0.39, 0.29) is 48.9 Å². The van der Waals surface area contributed by atoms with Gasteiger partial charge in [-0.2, -0.15) is 4.31 Å². The van der Waals surface area contributed by atoms with E-state index in [1.165, 1.54) is 4.31 Å². The molecule has 1 saturated carbocycles. The maximum absolute atomic E-state index is 15.2. The molecule has 0 bridgehead atoms. The first-order valence-electron chi connectivity index (χ1n) is 22.8. The third-order valence-electron chi connectivity index (χ3n) is 13.0. The van der Waals surface area contributed by atoms with Crippen molar-refractivity contribution in [3.8, 4) is 28.4 Å². The van der Waals surface area contributed by atoms with E-state index in [0.717, 1.165) is 47.9 Å². The van der Waals surface area contributed by atoms with Crippen LogP contribution in [0.5, 0.6) is 17.2 Å². The third-order valence-corrected chi connectivity index (χ3v) is 14.9. The minimum Gasteiger partial charge on any atom is -0.460 e. The highest BCUT2D eigenvalue weighted by Gasteiger charge is 2.66. The summed E-state index contributed by atoms with van der Waals surface area (Å²) in [5.74, 6) is -0.529. The number of oxime groups is 1. The molecule has 2 heterocycles. The summed E-state index contributed by atoms with van der Waals surface area (Å²) in [5.41, 5.74) is 4.34. The lowest BCUT2D eigenvalue weighted by Crippen LogP contribution is -2.69. The molecule has 6 unspecified atom stereocenters. The molecule has 342 valence electrons. The van der Waals surface area contributed by atoms with Crippen LogP contribution in [0, 0.1) is 17.8 Å². The summed E-state index contributed by atoms with van der Waals surface area (Å²) in [5, 5.41) is 25.6. The summed E-state index contributed by atoms with van der Waals surface area (Å²) >= 11 is 0. The molecule has 2 aliphatic carbocycles. The van der Waals surface area contributed by atoms with E-state index in [2.05, 4.69) is 35.8 Å². The van der Waals surface area contributed by atoms with Crippen molar-refractivity contribution in [3.63, 3.8) is 0 Å². The Kier molecular flexibility index (Phi) is 13.9. The van der Waals surface area contributed by atoms with Gasteiger partial charge in [0.05, 0.1) is 29.8 Å². The van der Waals surface area contributed by atoms with E-state index in [0.29, 0.717) is 46.7 Å². The van der Waals surface area contributed by atoms with Crippen LogP contribution in [-0.2, 0) is 19.6 Å². The van der Waals surface area contributed by atoms with Crippen LogP contribution in [0.25, 0.3) is 22.0 Å². The largest absolute Gasteiger partial charge is 0.460 e. The zero-order valence-corrected chi connectivity index (χ0v) is 38.6. The normalized spacial score (nSPS) is 23.3. The molecule has 65 heavy (non-hydrogen) atoms. The first-order chi connectivity index (χ1) is 31.4. The predicted molar refractivity (Wildman–Crippen MR) is 254 cm³/mol. The van der Waals surface area contributed by atoms with Crippen LogP contribution < -0.4 is 9.47 Å². The standard InChI is InChI=1S/C53H61N3O8S/c1-6-32-61-53-48(56(5)65(59,60)47-22-14-19-38-20-15-29-54-51(38)47)35-45(55-64-52(2,3)4)43-33-39(18-10-12-30-57)42(21-11-13-31-58)49(50(43)53)44-34-41(27-28-46(44)63-53)62-40-25-23-37(24-26-40)36-16-8-7-9-17-36/h6-9,14-17,19-20,22-29,33-34,39,42,48-50,57-58H,1,10-13,18,21,30-32,35H2,2-5H3. The number of fused-ring (bicyclic) bond motifs is 3. The van der Waals surface area contributed by atoms with E-state index < -0.39 is 33.4 Å². The molecule has 4 aromatic carbocycles. The smallest absolute Gasteiger partial charge is 0.245 e. The monoisotopic (exact) mass is 899 g/mol. The second kappa shape index (κ2) is 19.6. The van der Waals surface area contributed by atoms with Gasteiger partial charge in [-0.05, 0) is 117 Å². The number of pyridine rings is 1. The van der Waals surface area contributed by atoms with Crippen LogP contribution in [0.3, 0.4) is 0 Å². The zero-order valence-electron chi connectivity index (χ0n) is 37.8. The topological polar surface area (TPSA) is 140 Å². The number of hydrogen-bond acceptors (Lipinski definition) is 10. The van der Waals surface area contributed by atoms with Crippen LogP contribution in [0.1, 0.15) is 77.2 Å². The Hall–Kier alpha value is -5.37. The van der Waals surface area contributed by atoms with Gasteiger partial charge in [-0.15, -0.1) is 6.58 Å². The highest BCUT2D eigenvalue weighted by molar-refractivity contribution is 7.89. The Labute approximate surface area is 383 Å². The molecular weight excluding hydrogens is 839 g/mol. The quantitative estimate of drug-likeness (QED) is 0.0500. The number of allylic oxidation sites excluding steroid dienone is 1. The molecule has 0 radical (unpaired) electrons. The van der Waals surface area contributed by atoms with Crippen molar-refractivity contribution in [2.45, 2.75) is 94.0 Å². The SMILES string of the molecule is C=CCOC12Oc3ccc(Oc4ccc(-c5ccccc5)cc4)cc3C3C(CCCCO)C(CCCCO)C=C(C(=NOC(C)(C)C)CC1N(C)S(=O)(=O)c1cccc4cccnc14)C32. The van der Waals surface area contributed by atoms with Gasteiger partial charge in [0, 0.05) is 49.7 Å². The number of likely N-dealkylation sites (N-methyl/N-ethyl adjacent to an activating group) is 1. The fraction of sp³-hybridized carbons (Fsp3) is 0.396. The number of unbranched alkanes of at least 4 members (excludes halogenated alkanes) is 2. The minimum absolute atomic E-state index is 0.00327. The molecule has 8 rings (SSSR count). The van der Waals surface area contributed by atoms with Crippen molar-refractivity contribution >= 4 is 26.6 Å². The first-order valence-corrected chi connectivity index (χ1v) is 24.2. The van der Waals surface area contributed by atoms with Crippen molar-refractivity contribution in [1.29, 1.82) is 0 Å². The summed E-state index contributed by atoms with van der Waals surface area (Å²) in [6, 6.07) is 31.9. The van der Waals surface area contributed by atoms with E-state index in [9.17, 15) is 10.2 Å². The molecule has 0 saturated heterocycles. The highest BCUT2D eigenvalue weighted by atomic mass is 32.2. The zero-order chi connectivity index (χ0) is 45.8. The number of benzene rings is 4. The van der Waals surface area contributed by atoms with Crippen LogP contribution in [0.2, 0.25) is 0 Å². The van der Waals surface area contributed by atoms with Crippen molar-refractivity contribution in [2.75, 3.05) is 26.9 Å². The second-order valence-electron chi connectivity index (χ2n) is 18.3. The second-order valence-corrected chi connectivity index (χ2v) is 20.3. The van der Waals surface area contributed by atoms with Gasteiger partial charge in [0.15, 0.2) is 0 Å². The summed E-state index contributed by atoms with van der Waals surface area (Å²) in [7, 11) is -2.68. The molecule has 12 heteroatoms. The summed E-state index contributed by atoms with van der Waals surface area (Å²) in [6.07, 6.45) is 10.1. The molecule has 6 atom stereocenters. The van der Waals surface area contributed by atoms with Crippen LogP contribution >= 0.6 is 0 Å². The molecular formula is C53H61N3O8S. The Bertz CT molecular complexity index is 2620. The van der Waals surface area contributed by atoms with E-state index >= 15 is 8.42 Å². The Balaban J connectivity index is 1.31. The molecule has 2 N–H and O–H groups in total. The van der Waals surface area contributed by atoms with Crippen LogP contribution in [0.15, 0.2) is 144 Å². The third kappa shape index (κ3) is 9.51. The molecule has 0 spiro atoms. The lowest BCUT2D eigenvalue weighted by Gasteiger charge is -2.59. The molecule has 1 fully saturated rings. The van der Waals surface area contributed by atoms with Crippen LogP contribution in [-0.4, -0.2) is 77.9 Å². The molecule has 3 aliphatic rings. The van der Waals surface area contributed by atoms with Gasteiger partial charge in [0.1, 0.15) is 27.7 Å². The minimum atomic E-state index is -4.27. The van der Waals surface area contributed by atoms with Gasteiger partial charge in [-0.1, -0.05) is 90.8 Å². The van der Waals surface area contributed by atoms with Crippen molar-refractivity contribution in [3.05, 3.63) is 139 Å². The lowest BCUT2D eigenvalue weighted by molar-refractivity contribution is -0.250. The number of rotatable bonds is 18. The number of sulfonamides is 1. The van der Waals surface area contributed by atoms with Gasteiger partial charge < -0.3 is 29.3 Å². The van der Waals surface area contributed by atoms with Crippen LogP contribution in [0.4, 0.5) is 0 Å². The average Bonchev–Trinajstić information content (AvgIpc) is 3.31. The van der Waals surface area contributed by atoms with E-state index in [1.807, 2.05) is 87.5 Å². The Morgan fingerprint density at radius 3 is 2.32 bits per heavy atom. The maximum atomic E-state index is 15.2. The number of hydrogen-bond donors (Lipinski definition) is 2. The molecule has 5 aromatic rings. The van der Waals surface area contributed by atoms with Gasteiger partial charge >= 0.3 is 0 Å². The fourth-order valence-electron chi connectivity index (χ4n) is 10.0. The number of aliphatic hydroxyl groups is 2. The Morgan fingerprint density at radius 2 is 1.60 bits per heavy atom. The molecule has 0 amide bonds. The fourth-order valence-corrected chi connectivity index (χ4v) is 11.6. The lowest BCUT2D eigenvalue weighted by atomic mass is 9.55. The maximum Gasteiger partial charge on any atom is 0.245 e. The Morgan fingerprint density at radius 1 is 0.892 bits per heavy atom. The number of ether oxygens (including phenoxy) is 3. The van der Waals surface area contributed by atoms with Gasteiger partial charge in [0.2, 0.25) is 15.8 Å². The summed E-state index contributed by atoms with van der Waals surface area (Å²) in [4.78, 5) is 10.8. The first kappa shape index (κ1) is 46.2. The van der Waals surface area contributed by atoms with Crippen molar-refractivity contribution < 1.29 is 37.7 Å². The predicted octanol–water partition coefficient (Wildman–Crippen LogP) is 10.4. The molecule has 11 nitrogen and oxygen atoms in total. The van der Waals surface area contributed by atoms with E-state index in [1.54, 1.807) is 37.5 Å². The highest BCUT2D eigenvalue weighted by Crippen LogP contribution is 2.62. The molecule has 1 aromatic heterocycles. The van der Waals surface area contributed by atoms with Crippen molar-refractivity contribution in [2.24, 2.45) is 22.9 Å². The van der Waals surface area contributed by atoms with Crippen molar-refractivity contribution in [1.82, 2.24) is 9.29 Å². The van der Waals surface area contributed by atoms with Gasteiger partial charge in [-0.25, -0.2) is 8.42 Å². The summed E-state index contributed by atoms with van der Waals surface area (Å²) in [6.45, 7) is 10.1. The number of nitrogens with zero attached hydrogens (tertiary/aromatic N) is 3.